The van der Waals surface area contributed by atoms with Gasteiger partial charge in [0.2, 0.25) is 0 Å². The number of ether oxygens (including phenoxy) is 2. The number of pyridine rings is 1. The molecule has 1 atom stereocenters. The van der Waals surface area contributed by atoms with Crippen molar-refractivity contribution < 1.29 is 14.3 Å². The second-order valence-electron chi connectivity index (χ2n) is 3.78. The Bertz CT molecular complexity index is 375. The number of carbonyl (C=O) groups excluding carboxylic acids is 1. The minimum absolute atomic E-state index is 0.249. The molecule has 0 radical (unpaired) electrons. The van der Waals surface area contributed by atoms with E-state index >= 15 is 0 Å². The van der Waals surface area contributed by atoms with Gasteiger partial charge in [0, 0.05) is 12.5 Å². The topological polar surface area (TPSA) is 74.4 Å². The Morgan fingerprint density at radius 2 is 2.50 bits per heavy atom. The maximum atomic E-state index is 11.6. The highest BCUT2D eigenvalue weighted by Gasteiger charge is 2.18. The highest BCUT2D eigenvalue weighted by atomic mass is 16.5. The normalized spacial score (nSPS) is 19.6. The summed E-state index contributed by atoms with van der Waals surface area (Å²) in [6.07, 6.45) is 0.942. The van der Waals surface area contributed by atoms with Gasteiger partial charge in [-0.3, -0.25) is 0 Å². The van der Waals surface area contributed by atoms with Gasteiger partial charge in [-0.2, -0.15) is 0 Å². The number of hydrogen-bond donors (Lipinski definition) is 1. The van der Waals surface area contributed by atoms with Crippen LogP contribution in [0.3, 0.4) is 0 Å². The van der Waals surface area contributed by atoms with Crippen molar-refractivity contribution in [1.29, 1.82) is 0 Å². The van der Waals surface area contributed by atoms with Crippen LogP contribution in [-0.4, -0.2) is 30.8 Å². The zero-order valence-electron chi connectivity index (χ0n) is 8.89. The Balaban J connectivity index is 1.87. The minimum atomic E-state index is -0.431. The third-order valence-electron chi connectivity index (χ3n) is 2.45. The molecule has 1 fully saturated rings. The minimum Gasteiger partial charge on any atom is -0.461 e. The molecular formula is C11H14N2O3. The van der Waals surface area contributed by atoms with Gasteiger partial charge in [0.1, 0.15) is 5.82 Å². The predicted octanol–water partition coefficient (Wildman–Crippen LogP) is 0.857. The van der Waals surface area contributed by atoms with E-state index in [-0.39, 0.29) is 5.69 Å². The molecule has 1 aliphatic heterocycles. The van der Waals surface area contributed by atoms with Crippen LogP contribution in [0.4, 0.5) is 5.82 Å². The van der Waals surface area contributed by atoms with Gasteiger partial charge in [-0.1, -0.05) is 6.07 Å². The van der Waals surface area contributed by atoms with Crippen molar-refractivity contribution >= 4 is 11.8 Å². The van der Waals surface area contributed by atoms with Crippen molar-refractivity contribution in [3.05, 3.63) is 23.9 Å². The first-order valence-corrected chi connectivity index (χ1v) is 5.23. The molecule has 16 heavy (non-hydrogen) atoms. The smallest absolute Gasteiger partial charge is 0.357 e. The van der Waals surface area contributed by atoms with Crippen LogP contribution in [-0.2, 0) is 9.47 Å². The highest BCUT2D eigenvalue weighted by molar-refractivity contribution is 5.87. The van der Waals surface area contributed by atoms with Crippen LogP contribution in [0, 0.1) is 5.92 Å². The third kappa shape index (κ3) is 2.70. The molecule has 2 heterocycles. The molecule has 0 aliphatic carbocycles. The van der Waals surface area contributed by atoms with Gasteiger partial charge in [0.15, 0.2) is 5.69 Å². The van der Waals surface area contributed by atoms with E-state index in [1.807, 2.05) is 0 Å². The Kier molecular flexibility index (Phi) is 3.36. The average Bonchev–Trinajstić information content (AvgIpc) is 2.78. The monoisotopic (exact) mass is 222 g/mol. The number of nitrogen functional groups attached to an aromatic ring is 1. The standard InChI is InChI=1S/C11H14N2O3/c12-10-3-1-2-9(13-10)11(14)16-7-8-4-5-15-6-8/h1-3,8H,4-7H2,(H2,12,13). The van der Waals surface area contributed by atoms with Crippen molar-refractivity contribution in [2.45, 2.75) is 6.42 Å². The molecule has 1 saturated heterocycles. The Labute approximate surface area is 93.6 Å². The van der Waals surface area contributed by atoms with Crippen LogP contribution in [0.5, 0.6) is 0 Å². The Hall–Kier alpha value is -1.62. The first-order chi connectivity index (χ1) is 7.75. The summed E-state index contributed by atoms with van der Waals surface area (Å²) in [5.41, 5.74) is 5.72. The van der Waals surface area contributed by atoms with Gasteiger partial charge in [-0.25, -0.2) is 9.78 Å². The average molecular weight is 222 g/mol. The van der Waals surface area contributed by atoms with E-state index in [1.54, 1.807) is 18.2 Å². The summed E-state index contributed by atoms with van der Waals surface area (Å²) in [5, 5.41) is 0. The summed E-state index contributed by atoms with van der Waals surface area (Å²) in [5.74, 6) is 0.197. The van der Waals surface area contributed by atoms with Crippen LogP contribution in [0.1, 0.15) is 16.9 Å². The zero-order chi connectivity index (χ0) is 11.4. The molecule has 1 aromatic rings. The summed E-state index contributed by atoms with van der Waals surface area (Å²) in [4.78, 5) is 15.5. The van der Waals surface area contributed by atoms with Gasteiger partial charge in [-0.15, -0.1) is 0 Å². The number of aromatic nitrogens is 1. The molecule has 1 aliphatic rings. The van der Waals surface area contributed by atoms with Gasteiger partial charge >= 0.3 is 5.97 Å². The molecule has 0 bridgehead atoms. The van der Waals surface area contributed by atoms with Crippen molar-refractivity contribution in [3.63, 3.8) is 0 Å². The number of nitrogens with two attached hydrogens (primary N) is 1. The summed E-state index contributed by atoms with van der Waals surface area (Å²) < 4.78 is 10.3. The van der Waals surface area contributed by atoms with E-state index in [4.69, 9.17) is 15.2 Å². The van der Waals surface area contributed by atoms with Gasteiger partial charge in [0.05, 0.1) is 13.2 Å². The fraction of sp³-hybridized carbons (Fsp3) is 0.455. The number of anilines is 1. The van der Waals surface area contributed by atoms with Gasteiger partial charge in [0.25, 0.3) is 0 Å². The number of carbonyl (C=O) groups is 1. The Morgan fingerprint density at radius 1 is 1.62 bits per heavy atom. The maximum Gasteiger partial charge on any atom is 0.357 e. The van der Waals surface area contributed by atoms with Crippen LogP contribution < -0.4 is 5.73 Å². The van der Waals surface area contributed by atoms with E-state index < -0.39 is 5.97 Å². The molecule has 0 spiro atoms. The molecule has 0 saturated carbocycles. The molecule has 0 aromatic carbocycles. The van der Waals surface area contributed by atoms with Crippen LogP contribution in [0.15, 0.2) is 18.2 Å². The van der Waals surface area contributed by atoms with E-state index in [1.165, 1.54) is 0 Å². The van der Waals surface area contributed by atoms with E-state index in [9.17, 15) is 4.79 Å². The van der Waals surface area contributed by atoms with Crippen molar-refractivity contribution in [1.82, 2.24) is 4.98 Å². The van der Waals surface area contributed by atoms with Crippen LogP contribution in [0.25, 0.3) is 0 Å². The summed E-state index contributed by atoms with van der Waals surface area (Å²) >= 11 is 0. The number of rotatable bonds is 3. The summed E-state index contributed by atoms with van der Waals surface area (Å²) in [6.45, 7) is 1.80. The lowest BCUT2D eigenvalue weighted by Gasteiger charge is -2.08. The number of nitrogens with zero attached hydrogens (tertiary/aromatic N) is 1. The quantitative estimate of drug-likeness (QED) is 0.767. The van der Waals surface area contributed by atoms with E-state index in [0.717, 1.165) is 13.0 Å². The molecule has 5 heteroatoms. The highest BCUT2D eigenvalue weighted by Crippen LogP contribution is 2.13. The number of esters is 1. The lowest BCUT2D eigenvalue weighted by molar-refractivity contribution is 0.0421. The van der Waals surface area contributed by atoms with Crippen molar-refractivity contribution in [2.24, 2.45) is 5.92 Å². The van der Waals surface area contributed by atoms with Gasteiger partial charge < -0.3 is 15.2 Å². The van der Waals surface area contributed by atoms with Crippen molar-refractivity contribution in [2.75, 3.05) is 25.6 Å². The molecule has 86 valence electrons. The second kappa shape index (κ2) is 4.94. The molecule has 1 aromatic heterocycles. The molecule has 5 nitrogen and oxygen atoms in total. The second-order valence-corrected chi connectivity index (χ2v) is 3.78. The molecular weight excluding hydrogens is 208 g/mol. The van der Waals surface area contributed by atoms with E-state index in [2.05, 4.69) is 4.98 Å². The predicted molar refractivity (Wildman–Crippen MR) is 57.9 cm³/mol. The van der Waals surface area contributed by atoms with Gasteiger partial charge in [-0.05, 0) is 18.6 Å². The number of hydrogen-bond acceptors (Lipinski definition) is 5. The summed E-state index contributed by atoms with van der Waals surface area (Å²) in [6, 6.07) is 4.89. The first-order valence-electron chi connectivity index (χ1n) is 5.23. The fourth-order valence-corrected chi connectivity index (χ4v) is 1.55. The largest absolute Gasteiger partial charge is 0.461 e. The first kappa shape index (κ1) is 10.9. The summed E-state index contributed by atoms with van der Waals surface area (Å²) in [7, 11) is 0. The van der Waals surface area contributed by atoms with Crippen LogP contribution in [0.2, 0.25) is 0 Å². The fourth-order valence-electron chi connectivity index (χ4n) is 1.55. The zero-order valence-corrected chi connectivity index (χ0v) is 8.89. The lowest BCUT2D eigenvalue weighted by atomic mass is 10.1. The van der Waals surface area contributed by atoms with E-state index in [0.29, 0.717) is 24.9 Å². The maximum absolute atomic E-state index is 11.6. The molecule has 2 rings (SSSR count). The van der Waals surface area contributed by atoms with Crippen molar-refractivity contribution in [3.8, 4) is 0 Å². The molecule has 0 amide bonds. The third-order valence-corrected chi connectivity index (χ3v) is 2.45. The Morgan fingerprint density at radius 3 is 3.19 bits per heavy atom. The van der Waals surface area contributed by atoms with Crippen LogP contribution >= 0.6 is 0 Å². The lowest BCUT2D eigenvalue weighted by Crippen LogP contribution is -2.15. The molecule has 2 N–H and O–H groups in total. The molecule has 1 unspecified atom stereocenters. The SMILES string of the molecule is Nc1cccc(C(=O)OCC2CCOC2)n1.